The SMILES string of the molecule is Cl.O=C(NC(Cc1ccccc1)c1ccccc1F)c1ccn(C2CCCNC2)n1. The molecule has 1 aliphatic heterocycles. The Balaban J connectivity index is 0.00000256. The number of hydrogen-bond acceptors (Lipinski definition) is 3. The van der Waals surface area contributed by atoms with E-state index in [-0.39, 0.29) is 30.2 Å². The lowest BCUT2D eigenvalue weighted by molar-refractivity contribution is 0.0929. The van der Waals surface area contributed by atoms with Crippen LogP contribution in [0.25, 0.3) is 0 Å². The zero-order chi connectivity index (χ0) is 20.1. The van der Waals surface area contributed by atoms with Crippen LogP contribution < -0.4 is 10.6 Å². The third-order valence-corrected chi connectivity index (χ3v) is 5.35. The average molecular weight is 429 g/mol. The molecule has 2 heterocycles. The summed E-state index contributed by atoms with van der Waals surface area (Å²) < 4.78 is 16.3. The molecule has 0 radical (unpaired) electrons. The van der Waals surface area contributed by atoms with Crippen molar-refractivity contribution >= 4 is 18.3 Å². The molecule has 2 aromatic carbocycles. The lowest BCUT2D eigenvalue weighted by Crippen LogP contribution is -2.33. The lowest BCUT2D eigenvalue weighted by Gasteiger charge is -2.23. The molecule has 0 aliphatic carbocycles. The topological polar surface area (TPSA) is 59.0 Å². The maximum atomic E-state index is 14.5. The number of halogens is 2. The van der Waals surface area contributed by atoms with Crippen molar-refractivity contribution in [1.29, 1.82) is 0 Å². The molecular formula is C23H26ClFN4O. The van der Waals surface area contributed by atoms with Crippen LogP contribution in [0.4, 0.5) is 4.39 Å². The standard InChI is InChI=1S/C23H25FN4O.ClH/c24-20-11-5-4-10-19(20)22(15-17-7-2-1-3-8-17)26-23(29)21-12-14-28(27-21)18-9-6-13-25-16-18;/h1-5,7-8,10-12,14,18,22,25H,6,9,13,15-16H2,(H,26,29);1H. The van der Waals surface area contributed by atoms with E-state index >= 15 is 0 Å². The van der Waals surface area contributed by atoms with Crippen LogP contribution in [0.3, 0.4) is 0 Å². The molecule has 1 fully saturated rings. The number of nitrogens with zero attached hydrogens (tertiary/aromatic N) is 2. The van der Waals surface area contributed by atoms with E-state index in [1.807, 2.05) is 41.2 Å². The molecule has 158 valence electrons. The van der Waals surface area contributed by atoms with Gasteiger partial charge in [-0.1, -0.05) is 48.5 Å². The van der Waals surface area contributed by atoms with Crippen molar-refractivity contribution in [2.24, 2.45) is 0 Å². The number of nitrogens with one attached hydrogen (secondary N) is 2. The predicted octanol–water partition coefficient (Wildman–Crippen LogP) is 4.08. The van der Waals surface area contributed by atoms with Crippen molar-refractivity contribution in [3.63, 3.8) is 0 Å². The van der Waals surface area contributed by atoms with Crippen molar-refractivity contribution in [2.45, 2.75) is 31.3 Å². The van der Waals surface area contributed by atoms with Crippen LogP contribution in [0.1, 0.15) is 46.5 Å². The minimum atomic E-state index is -0.479. The van der Waals surface area contributed by atoms with Crippen molar-refractivity contribution in [3.8, 4) is 0 Å². The second-order valence-electron chi connectivity index (χ2n) is 7.42. The fourth-order valence-electron chi connectivity index (χ4n) is 3.80. The summed E-state index contributed by atoms with van der Waals surface area (Å²) in [6.07, 6.45) is 4.49. The molecule has 5 nitrogen and oxygen atoms in total. The molecule has 2 N–H and O–H groups in total. The van der Waals surface area contributed by atoms with E-state index in [4.69, 9.17) is 0 Å². The smallest absolute Gasteiger partial charge is 0.272 e. The number of aromatic nitrogens is 2. The number of carbonyl (C=O) groups excluding carboxylic acids is 1. The second kappa shape index (κ2) is 10.4. The number of amides is 1. The van der Waals surface area contributed by atoms with Gasteiger partial charge in [-0.2, -0.15) is 5.10 Å². The van der Waals surface area contributed by atoms with Gasteiger partial charge in [-0.3, -0.25) is 9.48 Å². The number of carbonyl (C=O) groups is 1. The number of hydrogen-bond donors (Lipinski definition) is 2. The van der Waals surface area contributed by atoms with Crippen molar-refractivity contribution in [1.82, 2.24) is 20.4 Å². The van der Waals surface area contributed by atoms with E-state index < -0.39 is 6.04 Å². The summed E-state index contributed by atoms with van der Waals surface area (Å²) in [4.78, 5) is 12.9. The number of piperidine rings is 1. The predicted molar refractivity (Wildman–Crippen MR) is 117 cm³/mol. The molecule has 1 amide bonds. The molecule has 1 saturated heterocycles. The van der Waals surface area contributed by atoms with Crippen molar-refractivity contribution < 1.29 is 9.18 Å². The normalized spacial score (nSPS) is 17.0. The van der Waals surface area contributed by atoms with Gasteiger partial charge in [0.2, 0.25) is 0 Å². The highest BCUT2D eigenvalue weighted by Gasteiger charge is 2.22. The molecule has 0 saturated carbocycles. The van der Waals surface area contributed by atoms with Crippen LogP contribution in [0, 0.1) is 5.82 Å². The first-order valence-electron chi connectivity index (χ1n) is 10.1. The highest BCUT2D eigenvalue weighted by atomic mass is 35.5. The van der Waals surface area contributed by atoms with Crippen LogP contribution >= 0.6 is 12.4 Å². The van der Waals surface area contributed by atoms with Crippen LogP contribution in [0.15, 0.2) is 66.9 Å². The number of benzene rings is 2. The summed E-state index contributed by atoms with van der Waals surface area (Å²) in [5, 5.41) is 10.8. The Bertz CT molecular complexity index is 957. The quantitative estimate of drug-likeness (QED) is 0.622. The molecule has 3 aromatic rings. The van der Waals surface area contributed by atoms with E-state index in [1.54, 1.807) is 24.3 Å². The van der Waals surface area contributed by atoms with E-state index in [2.05, 4.69) is 15.7 Å². The minimum absolute atomic E-state index is 0. The monoisotopic (exact) mass is 428 g/mol. The molecular weight excluding hydrogens is 403 g/mol. The van der Waals surface area contributed by atoms with Gasteiger partial charge in [0.15, 0.2) is 0 Å². The number of rotatable bonds is 6. The van der Waals surface area contributed by atoms with Gasteiger partial charge < -0.3 is 10.6 Å². The lowest BCUT2D eigenvalue weighted by atomic mass is 9.98. The Morgan fingerprint density at radius 2 is 1.93 bits per heavy atom. The molecule has 0 spiro atoms. The summed E-state index contributed by atoms with van der Waals surface area (Å²) in [5.41, 5.74) is 1.85. The molecule has 2 atom stereocenters. The molecule has 4 rings (SSSR count). The van der Waals surface area contributed by atoms with Crippen LogP contribution in [-0.4, -0.2) is 28.8 Å². The zero-order valence-electron chi connectivity index (χ0n) is 16.6. The van der Waals surface area contributed by atoms with Gasteiger partial charge in [0.05, 0.1) is 12.1 Å². The van der Waals surface area contributed by atoms with E-state index in [0.717, 1.165) is 31.5 Å². The summed E-state index contributed by atoms with van der Waals surface area (Å²) >= 11 is 0. The fourth-order valence-corrected chi connectivity index (χ4v) is 3.80. The van der Waals surface area contributed by atoms with Gasteiger partial charge >= 0.3 is 0 Å². The first-order chi connectivity index (χ1) is 14.2. The molecule has 2 unspecified atom stereocenters. The summed E-state index contributed by atoms with van der Waals surface area (Å²) in [5.74, 6) is -0.621. The Hall–Kier alpha value is -2.70. The largest absolute Gasteiger partial charge is 0.343 e. The van der Waals surface area contributed by atoms with Crippen molar-refractivity contribution in [2.75, 3.05) is 13.1 Å². The highest BCUT2D eigenvalue weighted by molar-refractivity contribution is 5.92. The summed E-state index contributed by atoms with van der Waals surface area (Å²) in [7, 11) is 0. The molecule has 1 aromatic heterocycles. The fraction of sp³-hybridized carbons (Fsp3) is 0.304. The average Bonchev–Trinajstić information content (AvgIpc) is 3.26. The maximum Gasteiger partial charge on any atom is 0.272 e. The van der Waals surface area contributed by atoms with E-state index in [9.17, 15) is 9.18 Å². The first-order valence-corrected chi connectivity index (χ1v) is 10.1. The third kappa shape index (κ3) is 5.26. The van der Waals surface area contributed by atoms with Gasteiger partial charge in [0, 0.05) is 18.3 Å². The molecule has 7 heteroatoms. The van der Waals surface area contributed by atoms with Crippen LogP contribution in [-0.2, 0) is 6.42 Å². The van der Waals surface area contributed by atoms with Gasteiger partial charge in [-0.05, 0) is 43.5 Å². The Labute approximate surface area is 182 Å². The first kappa shape index (κ1) is 22.0. The van der Waals surface area contributed by atoms with Gasteiger partial charge in [-0.25, -0.2) is 4.39 Å². The minimum Gasteiger partial charge on any atom is -0.343 e. The highest BCUT2D eigenvalue weighted by Crippen LogP contribution is 2.22. The Kier molecular flexibility index (Phi) is 7.60. The Morgan fingerprint density at radius 3 is 2.67 bits per heavy atom. The van der Waals surface area contributed by atoms with Crippen LogP contribution in [0.2, 0.25) is 0 Å². The van der Waals surface area contributed by atoms with Crippen molar-refractivity contribution in [3.05, 3.63) is 89.5 Å². The van der Waals surface area contributed by atoms with Gasteiger partial charge in [0.25, 0.3) is 5.91 Å². The summed E-state index contributed by atoms with van der Waals surface area (Å²) in [6, 6.07) is 17.9. The third-order valence-electron chi connectivity index (χ3n) is 5.35. The molecule has 30 heavy (non-hydrogen) atoms. The van der Waals surface area contributed by atoms with Gasteiger partial charge in [0.1, 0.15) is 11.5 Å². The van der Waals surface area contributed by atoms with E-state index in [1.165, 1.54) is 6.07 Å². The Morgan fingerprint density at radius 1 is 1.17 bits per heavy atom. The summed E-state index contributed by atoms with van der Waals surface area (Å²) in [6.45, 7) is 1.88. The van der Waals surface area contributed by atoms with E-state index in [0.29, 0.717) is 17.7 Å². The molecule has 1 aliphatic rings. The maximum absolute atomic E-state index is 14.5. The molecule has 0 bridgehead atoms. The van der Waals surface area contributed by atoms with Crippen LogP contribution in [0.5, 0.6) is 0 Å². The second-order valence-corrected chi connectivity index (χ2v) is 7.42. The van der Waals surface area contributed by atoms with Gasteiger partial charge in [-0.15, -0.1) is 12.4 Å². The zero-order valence-corrected chi connectivity index (χ0v) is 17.4.